The van der Waals surface area contributed by atoms with Gasteiger partial charge >= 0.3 is 6.03 Å². The number of carbonyl (C=O) groups is 3. The van der Waals surface area contributed by atoms with Crippen LogP contribution in [0.2, 0.25) is 0 Å². The molecule has 1 aliphatic heterocycles. The summed E-state index contributed by atoms with van der Waals surface area (Å²) in [5.74, 6) is -1.08. The highest BCUT2D eigenvalue weighted by Crippen LogP contribution is 2.33. The molecule has 0 aromatic heterocycles. The molecule has 0 radical (unpaired) electrons. The van der Waals surface area contributed by atoms with Crippen molar-refractivity contribution < 1.29 is 22.8 Å². The van der Waals surface area contributed by atoms with E-state index in [4.69, 9.17) is 0 Å². The molecule has 2 aromatic carbocycles. The monoisotopic (exact) mass is 470 g/mol. The highest BCUT2D eigenvalue weighted by Gasteiger charge is 2.52. The highest BCUT2D eigenvalue weighted by atomic mass is 32.2. The third-order valence-electron chi connectivity index (χ3n) is 6.25. The molecule has 0 bridgehead atoms. The van der Waals surface area contributed by atoms with Gasteiger partial charge < -0.3 is 5.32 Å². The molecule has 2 aromatic rings. The van der Waals surface area contributed by atoms with Gasteiger partial charge in [0.05, 0.1) is 10.6 Å². The van der Waals surface area contributed by atoms with Crippen molar-refractivity contribution in [3.63, 3.8) is 0 Å². The Labute approximate surface area is 192 Å². The fourth-order valence-electron chi connectivity index (χ4n) is 4.21. The number of carbonyl (C=O) groups excluding carboxylic acids is 3. The number of sulfonamides is 1. The van der Waals surface area contributed by atoms with Crippen LogP contribution in [0.4, 0.5) is 10.5 Å². The van der Waals surface area contributed by atoms with Crippen LogP contribution in [0.5, 0.6) is 0 Å². The summed E-state index contributed by atoms with van der Waals surface area (Å²) in [7, 11) is -2.33. The van der Waals surface area contributed by atoms with Crippen LogP contribution in [-0.2, 0) is 14.8 Å². The van der Waals surface area contributed by atoms with Crippen LogP contribution >= 0.6 is 0 Å². The minimum atomic E-state index is -3.76. The van der Waals surface area contributed by atoms with Gasteiger partial charge in [0.2, 0.25) is 0 Å². The zero-order valence-electron chi connectivity index (χ0n) is 18.5. The molecule has 2 aliphatic rings. The van der Waals surface area contributed by atoms with E-state index in [0.717, 1.165) is 34.1 Å². The molecule has 0 unspecified atom stereocenters. The summed E-state index contributed by atoms with van der Waals surface area (Å²) in [6.07, 6.45) is 3.81. The van der Waals surface area contributed by atoms with E-state index in [1.807, 2.05) is 6.92 Å². The van der Waals surface area contributed by atoms with Gasteiger partial charge in [-0.05, 0) is 56.2 Å². The highest BCUT2D eigenvalue weighted by molar-refractivity contribution is 7.92. The number of nitrogens with one attached hydrogen (secondary N) is 2. The number of amides is 4. The maximum absolute atomic E-state index is 12.9. The molecule has 1 saturated carbocycles. The average Bonchev–Trinajstić information content (AvgIpc) is 3.03. The molecule has 0 atom stereocenters. The molecule has 2 fully saturated rings. The van der Waals surface area contributed by atoms with Gasteiger partial charge in [0, 0.05) is 12.6 Å². The van der Waals surface area contributed by atoms with Gasteiger partial charge in [0.1, 0.15) is 5.54 Å². The minimum Gasteiger partial charge on any atom is -0.322 e. The molecule has 10 heteroatoms. The summed E-state index contributed by atoms with van der Waals surface area (Å²) in [5.41, 5.74) is 2.95. The molecule has 33 heavy (non-hydrogen) atoms. The number of urea groups is 1. The van der Waals surface area contributed by atoms with Gasteiger partial charge in [-0.3, -0.25) is 19.3 Å². The lowest BCUT2D eigenvalue weighted by atomic mass is 9.82. The van der Waals surface area contributed by atoms with E-state index < -0.39 is 33.4 Å². The molecule has 174 valence electrons. The summed E-state index contributed by atoms with van der Waals surface area (Å²) in [5, 5.41) is 3.48. The Morgan fingerprint density at radius 2 is 1.61 bits per heavy atom. The quantitative estimate of drug-likeness (QED) is 0.652. The number of aryl methyl sites for hydroxylation is 1. The third-order valence-corrected chi connectivity index (χ3v) is 8.05. The predicted octanol–water partition coefficient (Wildman–Crippen LogP) is 2.72. The second-order valence-corrected chi connectivity index (χ2v) is 10.5. The van der Waals surface area contributed by atoms with Crippen molar-refractivity contribution in [1.82, 2.24) is 15.8 Å². The maximum atomic E-state index is 12.9. The van der Waals surface area contributed by atoms with Crippen molar-refractivity contribution >= 4 is 33.6 Å². The first-order chi connectivity index (χ1) is 15.6. The Balaban J connectivity index is 1.47. The number of rotatable bonds is 5. The Bertz CT molecular complexity index is 1190. The second-order valence-electron chi connectivity index (χ2n) is 8.49. The number of hydrogen-bond donors (Lipinski definition) is 2. The number of imide groups is 1. The summed E-state index contributed by atoms with van der Waals surface area (Å²) in [4.78, 5) is 38.0. The van der Waals surface area contributed by atoms with E-state index in [2.05, 4.69) is 10.7 Å². The van der Waals surface area contributed by atoms with Crippen molar-refractivity contribution in [1.29, 1.82) is 0 Å². The fourth-order valence-corrected chi connectivity index (χ4v) is 5.41. The zero-order valence-corrected chi connectivity index (χ0v) is 19.3. The van der Waals surface area contributed by atoms with Gasteiger partial charge in [0.15, 0.2) is 0 Å². The summed E-state index contributed by atoms with van der Waals surface area (Å²) < 4.78 is 26.9. The standard InChI is InChI=1S/C23H26N4O5S/c1-16-6-12-19(13-7-16)33(31,32)26(2)18-10-8-17(9-11-18)20(28)25-27-21(29)23(24-22(27)30)14-4-3-5-15-23/h6-13H,3-5,14-15H2,1-2H3,(H,24,30)(H,25,28). The SMILES string of the molecule is Cc1ccc(S(=O)(=O)N(C)c2ccc(C(=O)NN3C(=O)NC4(CCCCC4)C3=O)cc2)cc1. The predicted molar refractivity (Wildman–Crippen MR) is 122 cm³/mol. The van der Waals surface area contributed by atoms with E-state index in [1.54, 1.807) is 24.3 Å². The average molecular weight is 471 g/mol. The van der Waals surface area contributed by atoms with Crippen LogP contribution < -0.4 is 15.0 Å². The molecule has 4 rings (SSSR count). The normalized spacial score (nSPS) is 17.7. The number of hydrazine groups is 1. The van der Waals surface area contributed by atoms with Gasteiger partial charge in [-0.1, -0.05) is 37.0 Å². The van der Waals surface area contributed by atoms with Crippen LogP contribution in [0.1, 0.15) is 48.0 Å². The first-order valence-corrected chi connectivity index (χ1v) is 12.2. The maximum Gasteiger partial charge on any atom is 0.344 e. The van der Waals surface area contributed by atoms with E-state index in [-0.39, 0.29) is 10.5 Å². The second kappa shape index (κ2) is 8.51. The van der Waals surface area contributed by atoms with Crippen LogP contribution in [0.3, 0.4) is 0 Å². The number of nitrogens with zero attached hydrogens (tertiary/aromatic N) is 2. The summed E-state index contributed by atoms with van der Waals surface area (Å²) in [6.45, 7) is 1.87. The molecular weight excluding hydrogens is 444 g/mol. The lowest BCUT2D eigenvalue weighted by molar-refractivity contribution is -0.134. The first kappa shape index (κ1) is 22.8. The lowest BCUT2D eigenvalue weighted by Gasteiger charge is -2.30. The third kappa shape index (κ3) is 4.18. The number of anilines is 1. The van der Waals surface area contributed by atoms with Gasteiger partial charge in [-0.15, -0.1) is 0 Å². The van der Waals surface area contributed by atoms with E-state index in [9.17, 15) is 22.8 Å². The summed E-state index contributed by atoms with van der Waals surface area (Å²) in [6, 6.07) is 11.8. The molecular formula is C23H26N4O5S. The zero-order chi connectivity index (χ0) is 23.8. The van der Waals surface area contributed by atoms with Crippen molar-refractivity contribution in [2.24, 2.45) is 0 Å². The molecule has 1 spiro atoms. The molecule has 4 amide bonds. The molecule has 2 N–H and O–H groups in total. The topological polar surface area (TPSA) is 116 Å². The Morgan fingerprint density at radius 1 is 1.00 bits per heavy atom. The van der Waals surface area contributed by atoms with Gasteiger partial charge in [0.25, 0.3) is 21.8 Å². The van der Waals surface area contributed by atoms with Gasteiger partial charge in [-0.25, -0.2) is 13.2 Å². The van der Waals surface area contributed by atoms with Gasteiger partial charge in [-0.2, -0.15) is 5.01 Å². The smallest absolute Gasteiger partial charge is 0.322 e. The van der Waals surface area contributed by atoms with E-state index in [0.29, 0.717) is 18.5 Å². The van der Waals surface area contributed by atoms with Crippen molar-refractivity contribution in [3.8, 4) is 0 Å². The number of hydrogen-bond acceptors (Lipinski definition) is 5. The van der Waals surface area contributed by atoms with E-state index >= 15 is 0 Å². The minimum absolute atomic E-state index is 0.160. The van der Waals surface area contributed by atoms with E-state index in [1.165, 1.54) is 31.3 Å². The van der Waals surface area contributed by atoms with Crippen molar-refractivity contribution in [2.75, 3.05) is 11.4 Å². The van der Waals surface area contributed by atoms with Crippen LogP contribution in [0.25, 0.3) is 0 Å². The van der Waals surface area contributed by atoms with Crippen molar-refractivity contribution in [2.45, 2.75) is 49.5 Å². The largest absolute Gasteiger partial charge is 0.344 e. The molecule has 1 heterocycles. The Kier molecular flexibility index (Phi) is 5.87. The lowest BCUT2D eigenvalue weighted by Crippen LogP contribution is -2.50. The first-order valence-electron chi connectivity index (χ1n) is 10.8. The molecule has 1 aliphatic carbocycles. The summed E-state index contributed by atoms with van der Waals surface area (Å²) >= 11 is 0. The fraction of sp³-hybridized carbons (Fsp3) is 0.348. The van der Waals surface area contributed by atoms with Crippen LogP contribution in [-0.4, -0.2) is 43.9 Å². The Morgan fingerprint density at radius 3 is 2.21 bits per heavy atom. The van der Waals surface area contributed by atoms with Crippen LogP contribution in [0, 0.1) is 6.92 Å². The van der Waals surface area contributed by atoms with Crippen LogP contribution in [0.15, 0.2) is 53.4 Å². The molecule has 9 nitrogen and oxygen atoms in total. The van der Waals surface area contributed by atoms with Crippen molar-refractivity contribution in [3.05, 3.63) is 59.7 Å². The molecule has 1 saturated heterocycles. The number of benzene rings is 2. The Hall–Kier alpha value is -3.40.